The van der Waals surface area contributed by atoms with Gasteiger partial charge in [-0.05, 0) is 53.2 Å². The number of benzene rings is 2. The van der Waals surface area contributed by atoms with Crippen LogP contribution in [0, 0.1) is 0 Å². The first-order chi connectivity index (χ1) is 13.8. The van der Waals surface area contributed by atoms with E-state index in [0.717, 1.165) is 22.2 Å². The molecule has 0 bridgehead atoms. The fraction of sp³-hybridized carbons (Fsp3) is 0.150. The van der Waals surface area contributed by atoms with Crippen molar-refractivity contribution in [1.82, 2.24) is 4.90 Å². The molecule has 2 aromatic carbocycles. The average molecular weight is 434 g/mol. The quantitative estimate of drug-likeness (QED) is 0.679. The van der Waals surface area contributed by atoms with E-state index in [-0.39, 0.29) is 28.3 Å². The maximum Gasteiger partial charge on any atom is 0.335 e. The van der Waals surface area contributed by atoms with Crippen LogP contribution >= 0.6 is 23.4 Å². The summed E-state index contributed by atoms with van der Waals surface area (Å²) in [6, 6.07) is 9.54. The highest BCUT2D eigenvalue weighted by molar-refractivity contribution is 8.18. The number of imide groups is 1. The Hall–Kier alpha value is -2.97. The lowest BCUT2D eigenvalue weighted by Gasteiger charge is -2.13. The molecule has 0 spiro atoms. The van der Waals surface area contributed by atoms with Crippen LogP contribution < -0.4 is 9.47 Å². The first-order valence-electron chi connectivity index (χ1n) is 8.34. The van der Waals surface area contributed by atoms with E-state index in [2.05, 4.69) is 0 Å². The largest absolute Gasteiger partial charge is 0.493 e. The number of carbonyl (C=O) groups is 3. The highest BCUT2D eigenvalue weighted by Crippen LogP contribution is 2.39. The molecule has 3 rings (SSSR count). The van der Waals surface area contributed by atoms with Gasteiger partial charge in [0.2, 0.25) is 0 Å². The number of thioether (sulfide) groups is 1. The second-order valence-electron chi connectivity index (χ2n) is 6.07. The van der Waals surface area contributed by atoms with Gasteiger partial charge in [0.15, 0.2) is 11.5 Å². The SMILES string of the molecule is COc1cc(/C=C2\SC(=O)N(C)C2=O)cc(Cl)c1OCc1ccc(C(=O)O)cc1. The van der Waals surface area contributed by atoms with E-state index in [1.807, 2.05) is 0 Å². The molecule has 1 heterocycles. The zero-order chi connectivity index (χ0) is 21.1. The normalized spacial score (nSPS) is 15.1. The molecule has 2 aromatic rings. The third-order valence-corrected chi connectivity index (χ3v) is 5.36. The summed E-state index contributed by atoms with van der Waals surface area (Å²) in [5.74, 6) is -0.697. The van der Waals surface area contributed by atoms with Crippen molar-refractivity contribution in [1.29, 1.82) is 0 Å². The maximum atomic E-state index is 12.0. The van der Waals surface area contributed by atoms with Crippen LogP contribution in [-0.2, 0) is 11.4 Å². The van der Waals surface area contributed by atoms with Crippen molar-refractivity contribution in [2.75, 3.05) is 14.2 Å². The summed E-state index contributed by atoms with van der Waals surface area (Å²) in [6.07, 6.45) is 1.57. The second kappa shape index (κ2) is 8.59. The Kier molecular flexibility index (Phi) is 6.14. The highest BCUT2D eigenvalue weighted by Gasteiger charge is 2.31. The van der Waals surface area contributed by atoms with Gasteiger partial charge in [0.05, 0.1) is 22.6 Å². The van der Waals surface area contributed by atoms with Gasteiger partial charge in [-0.15, -0.1) is 0 Å². The van der Waals surface area contributed by atoms with E-state index in [0.29, 0.717) is 22.0 Å². The zero-order valence-corrected chi connectivity index (χ0v) is 17.0. The molecule has 150 valence electrons. The molecule has 0 aliphatic carbocycles. The number of carbonyl (C=O) groups excluding carboxylic acids is 2. The molecule has 0 saturated carbocycles. The van der Waals surface area contributed by atoms with Gasteiger partial charge in [0.1, 0.15) is 6.61 Å². The first-order valence-corrected chi connectivity index (χ1v) is 9.53. The molecule has 0 aromatic heterocycles. The summed E-state index contributed by atoms with van der Waals surface area (Å²) >= 11 is 7.20. The van der Waals surface area contributed by atoms with Crippen molar-refractivity contribution < 1.29 is 29.0 Å². The van der Waals surface area contributed by atoms with E-state index < -0.39 is 5.97 Å². The van der Waals surface area contributed by atoms with E-state index in [4.69, 9.17) is 26.2 Å². The lowest BCUT2D eigenvalue weighted by atomic mass is 10.1. The van der Waals surface area contributed by atoms with Gasteiger partial charge in [-0.3, -0.25) is 14.5 Å². The lowest BCUT2D eigenvalue weighted by Crippen LogP contribution is -2.22. The maximum absolute atomic E-state index is 12.0. The van der Waals surface area contributed by atoms with Crippen LogP contribution in [0.4, 0.5) is 4.79 Å². The van der Waals surface area contributed by atoms with Crippen LogP contribution in [0.3, 0.4) is 0 Å². The second-order valence-corrected chi connectivity index (χ2v) is 7.47. The Balaban J connectivity index is 1.81. The molecule has 1 aliphatic heterocycles. The number of methoxy groups -OCH3 is 1. The van der Waals surface area contributed by atoms with E-state index >= 15 is 0 Å². The Labute approximate surface area is 175 Å². The lowest BCUT2D eigenvalue weighted by molar-refractivity contribution is -0.121. The van der Waals surface area contributed by atoms with Crippen molar-refractivity contribution >= 4 is 46.6 Å². The number of hydrogen-bond acceptors (Lipinski definition) is 6. The number of aromatic carboxylic acids is 1. The molecule has 1 aliphatic rings. The molecular weight excluding hydrogens is 418 g/mol. The highest BCUT2D eigenvalue weighted by atomic mass is 35.5. The predicted octanol–water partition coefficient (Wildman–Crippen LogP) is 4.29. The number of carboxylic acids is 1. The van der Waals surface area contributed by atoms with Crippen LogP contribution in [0.25, 0.3) is 6.08 Å². The minimum absolute atomic E-state index is 0.157. The van der Waals surface area contributed by atoms with Gasteiger partial charge in [0.25, 0.3) is 11.1 Å². The smallest absolute Gasteiger partial charge is 0.335 e. The molecule has 0 atom stereocenters. The minimum atomic E-state index is -1.00. The van der Waals surface area contributed by atoms with Gasteiger partial charge in [-0.25, -0.2) is 4.79 Å². The number of likely N-dealkylation sites (N-methyl/N-ethyl adjacent to an activating group) is 1. The van der Waals surface area contributed by atoms with E-state index in [1.54, 1.807) is 30.3 Å². The number of amides is 2. The number of carboxylic acid groups (broad SMARTS) is 1. The first kappa shape index (κ1) is 20.8. The Morgan fingerprint density at radius 2 is 1.93 bits per heavy atom. The third kappa shape index (κ3) is 4.55. The summed E-state index contributed by atoms with van der Waals surface area (Å²) in [5.41, 5.74) is 1.53. The Morgan fingerprint density at radius 1 is 1.24 bits per heavy atom. The van der Waals surface area contributed by atoms with Gasteiger partial charge < -0.3 is 14.6 Å². The van der Waals surface area contributed by atoms with Gasteiger partial charge >= 0.3 is 5.97 Å². The Bertz CT molecular complexity index is 1020. The zero-order valence-electron chi connectivity index (χ0n) is 15.5. The van der Waals surface area contributed by atoms with Crippen molar-refractivity contribution in [3.8, 4) is 11.5 Å². The summed E-state index contributed by atoms with van der Waals surface area (Å²) < 4.78 is 11.1. The number of hydrogen-bond donors (Lipinski definition) is 1. The van der Waals surface area contributed by atoms with Crippen LogP contribution in [-0.4, -0.2) is 41.3 Å². The fourth-order valence-electron chi connectivity index (χ4n) is 2.56. The van der Waals surface area contributed by atoms with Crippen LogP contribution in [0.2, 0.25) is 5.02 Å². The summed E-state index contributed by atoms with van der Waals surface area (Å²) in [5, 5.41) is 8.88. The third-order valence-electron chi connectivity index (χ3n) is 4.12. The Morgan fingerprint density at radius 3 is 2.48 bits per heavy atom. The topological polar surface area (TPSA) is 93.1 Å². The van der Waals surface area contributed by atoms with Gasteiger partial charge in [0, 0.05) is 7.05 Å². The number of rotatable bonds is 6. The fourth-order valence-corrected chi connectivity index (χ4v) is 3.66. The standard InChI is InChI=1S/C20H16ClNO6S/c1-22-18(23)16(29-20(22)26)9-12-7-14(21)17(15(8-12)27-2)28-10-11-3-5-13(6-4-11)19(24)25/h3-9H,10H2,1-2H3,(H,24,25)/b16-9-. The molecule has 2 amide bonds. The number of nitrogens with zero attached hydrogens (tertiary/aromatic N) is 1. The van der Waals surface area contributed by atoms with Gasteiger partial charge in [-0.1, -0.05) is 23.7 Å². The summed E-state index contributed by atoms with van der Waals surface area (Å²) in [4.78, 5) is 35.9. The number of ether oxygens (including phenoxy) is 2. The molecule has 1 saturated heterocycles. The van der Waals surface area contributed by atoms with Crippen LogP contribution in [0.1, 0.15) is 21.5 Å². The van der Waals surface area contributed by atoms with Crippen molar-refractivity contribution in [2.45, 2.75) is 6.61 Å². The molecule has 9 heteroatoms. The summed E-state index contributed by atoms with van der Waals surface area (Å²) in [7, 11) is 2.88. The van der Waals surface area contributed by atoms with Crippen molar-refractivity contribution in [3.63, 3.8) is 0 Å². The van der Waals surface area contributed by atoms with E-state index in [9.17, 15) is 14.4 Å². The molecule has 7 nitrogen and oxygen atoms in total. The monoisotopic (exact) mass is 433 g/mol. The molecular formula is C20H16ClNO6S. The molecule has 29 heavy (non-hydrogen) atoms. The molecule has 0 unspecified atom stereocenters. The van der Waals surface area contributed by atoms with E-state index in [1.165, 1.54) is 26.3 Å². The molecule has 1 N–H and O–H groups in total. The van der Waals surface area contributed by atoms with Crippen molar-refractivity contribution in [2.24, 2.45) is 0 Å². The number of halogens is 1. The minimum Gasteiger partial charge on any atom is -0.493 e. The summed E-state index contributed by atoms with van der Waals surface area (Å²) in [6.45, 7) is 0.157. The van der Waals surface area contributed by atoms with Crippen LogP contribution in [0.15, 0.2) is 41.3 Å². The van der Waals surface area contributed by atoms with Gasteiger partial charge in [-0.2, -0.15) is 0 Å². The van der Waals surface area contributed by atoms with Crippen LogP contribution in [0.5, 0.6) is 11.5 Å². The van der Waals surface area contributed by atoms with Crippen molar-refractivity contribution in [3.05, 3.63) is 63.0 Å². The predicted molar refractivity (Wildman–Crippen MR) is 109 cm³/mol. The average Bonchev–Trinajstić information content (AvgIpc) is 2.93. The molecule has 1 fully saturated rings. The molecule has 0 radical (unpaired) electrons.